The molecule has 1 aromatic rings. The van der Waals surface area contributed by atoms with Gasteiger partial charge in [-0.2, -0.15) is 11.8 Å². The lowest BCUT2D eigenvalue weighted by Gasteiger charge is -2.15. The summed E-state index contributed by atoms with van der Waals surface area (Å²) in [5, 5.41) is 3.79. The molecule has 0 aromatic heterocycles. The molecule has 2 rings (SSSR count). The molecule has 0 aliphatic heterocycles. The van der Waals surface area contributed by atoms with Crippen molar-refractivity contribution in [2.75, 3.05) is 11.1 Å². The average Bonchev–Trinajstić information content (AvgIpc) is 2.78. The van der Waals surface area contributed by atoms with Gasteiger partial charge >= 0.3 is 0 Å². The SMILES string of the molecule is CCSC1CCCC1N=C(N)Nc1ccccc1. The van der Waals surface area contributed by atoms with Crippen molar-refractivity contribution in [1.29, 1.82) is 0 Å². The number of hydrogen-bond donors (Lipinski definition) is 2. The summed E-state index contributed by atoms with van der Waals surface area (Å²) in [7, 11) is 0. The summed E-state index contributed by atoms with van der Waals surface area (Å²) in [5.41, 5.74) is 6.97. The Balaban J connectivity index is 1.95. The number of hydrogen-bond acceptors (Lipinski definition) is 2. The van der Waals surface area contributed by atoms with Crippen molar-refractivity contribution in [2.45, 2.75) is 37.5 Å². The van der Waals surface area contributed by atoms with E-state index in [2.05, 4.69) is 17.2 Å². The fourth-order valence-electron chi connectivity index (χ4n) is 2.34. The molecule has 1 fully saturated rings. The third-order valence-electron chi connectivity index (χ3n) is 3.15. The van der Waals surface area contributed by atoms with Crippen LogP contribution in [0.25, 0.3) is 0 Å². The van der Waals surface area contributed by atoms with Crippen molar-refractivity contribution in [3.63, 3.8) is 0 Å². The molecule has 3 N–H and O–H groups in total. The summed E-state index contributed by atoms with van der Waals surface area (Å²) in [5.74, 6) is 1.69. The summed E-state index contributed by atoms with van der Waals surface area (Å²) < 4.78 is 0. The minimum absolute atomic E-state index is 0.381. The molecule has 1 aliphatic rings. The van der Waals surface area contributed by atoms with E-state index < -0.39 is 0 Å². The first kappa shape index (κ1) is 13.3. The highest BCUT2D eigenvalue weighted by molar-refractivity contribution is 7.99. The molecule has 98 valence electrons. The van der Waals surface area contributed by atoms with Gasteiger partial charge in [-0.3, -0.25) is 0 Å². The van der Waals surface area contributed by atoms with Crippen LogP contribution in [0.5, 0.6) is 0 Å². The van der Waals surface area contributed by atoms with Gasteiger partial charge in [0.25, 0.3) is 0 Å². The van der Waals surface area contributed by atoms with Gasteiger partial charge in [0.2, 0.25) is 0 Å². The normalized spacial score (nSPS) is 24.2. The largest absolute Gasteiger partial charge is 0.370 e. The molecular weight excluding hydrogens is 242 g/mol. The molecule has 18 heavy (non-hydrogen) atoms. The molecule has 0 amide bonds. The molecule has 0 bridgehead atoms. The molecular formula is C14H21N3S. The van der Waals surface area contributed by atoms with Crippen LogP contribution in [-0.2, 0) is 0 Å². The standard InChI is InChI=1S/C14H21N3S/c1-2-18-13-10-6-9-12(13)17-14(15)16-11-7-4-3-5-8-11/h3-5,7-8,12-13H,2,6,9-10H2,1H3,(H3,15,16,17). The lowest BCUT2D eigenvalue weighted by Crippen LogP contribution is -2.27. The van der Waals surface area contributed by atoms with Gasteiger partial charge in [-0.05, 0) is 30.7 Å². The Labute approximate surface area is 113 Å². The second kappa shape index (κ2) is 6.69. The van der Waals surface area contributed by atoms with Gasteiger partial charge in [0.1, 0.15) is 0 Å². The number of rotatable bonds is 4. The van der Waals surface area contributed by atoms with E-state index in [-0.39, 0.29) is 0 Å². The Morgan fingerprint density at radius 2 is 2.17 bits per heavy atom. The maximum atomic E-state index is 5.97. The fourth-order valence-corrected chi connectivity index (χ4v) is 3.52. The van der Waals surface area contributed by atoms with Crippen LogP contribution >= 0.6 is 11.8 Å². The number of guanidine groups is 1. The highest BCUT2D eigenvalue weighted by atomic mass is 32.2. The molecule has 0 saturated heterocycles. The first-order valence-electron chi connectivity index (χ1n) is 6.56. The Kier molecular flexibility index (Phi) is 4.93. The van der Waals surface area contributed by atoms with Gasteiger partial charge in [0.05, 0.1) is 6.04 Å². The van der Waals surface area contributed by atoms with Crippen molar-refractivity contribution in [3.8, 4) is 0 Å². The van der Waals surface area contributed by atoms with Gasteiger partial charge < -0.3 is 11.1 Å². The second-order valence-corrected chi connectivity index (χ2v) is 6.01. The van der Waals surface area contributed by atoms with Crippen LogP contribution in [0.1, 0.15) is 26.2 Å². The maximum Gasteiger partial charge on any atom is 0.193 e. The number of aliphatic imine (C=N–C) groups is 1. The predicted molar refractivity (Wildman–Crippen MR) is 81.2 cm³/mol. The van der Waals surface area contributed by atoms with Gasteiger partial charge in [0.15, 0.2) is 5.96 Å². The van der Waals surface area contributed by atoms with E-state index in [0.717, 1.165) is 17.9 Å². The number of nitrogens with two attached hydrogens (primary N) is 1. The monoisotopic (exact) mass is 263 g/mol. The second-order valence-electron chi connectivity index (χ2n) is 4.50. The van der Waals surface area contributed by atoms with E-state index in [9.17, 15) is 0 Å². The predicted octanol–water partition coefficient (Wildman–Crippen LogP) is 3.09. The number of nitrogens with zero attached hydrogens (tertiary/aromatic N) is 1. The van der Waals surface area contributed by atoms with E-state index in [1.165, 1.54) is 12.8 Å². The van der Waals surface area contributed by atoms with E-state index in [1.807, 2.05) is 42.1 Å². The summed E-state index contributed by atoms with van der Waals surface area (Å²) in [6.07, 6.45) is 3.70. The molecule has 1 aromatic carbocycles. The molecule has 0 radical (unpaired) electrons. The number of para-hydroxylation sites is 1. The maximum absolute atomic E-state index is 5.97. The fraction of sp³-hybridized carbons (Fsp3) is 0.500. The third kappa shape index (κ3) is 3.67. The molecule has 0 heterocycles. The zero-order chi connectivity index (χ0) is 12.8. The molecule has 2 atom stereocenters. The minimum atomic E-state index is 0.381. The van der Waals surface area contributed by atoms with Crippen molar-refractivity contribution in [1.82, 2.24) is 0 Å². The quantitative estimate of drug-likeness (QED) is 0.648. The molecule has 1 aliphatic carbocycles. The Morgan fingerprint density at radius 3 is 2.89 bits per heavy atom. The topological polar surface area (TPSA) is 50.4 Å². The third-order valence-corrected chi connectivity index (χ3v) is 4.46. The summed E-state index contributed by atoms with van der Waals surface area (Å²) >= 11 is 2.00. The van der Waals surface area contributed by atoms with E-state index in [4.69, 9.17) is 5.73 Å². The van der Waals surface area contributed by atoms with Crippen molar-refractivity contribution < 1.29 is 0 Å². The van der Waals surface area contributed by atoms with E-state index in [0.29, 0.717) is 17.3 Å². The van der Waals surface area contributed by atoms with Crippen LogP contribution in [0, 0.1) is 0 Å². The molecule has 4 heteroatoms. The van der Waals surface area contributed by atoms with Crippen molar-refractivity contribution in [2.24, 2.45) is 10.7 Å². The van der Waals surface area contributed by atoms with E-state index >= 15 is 0 Å². The Hall–Kier alpha value is -1.16. The van der Waals surface area contributed by atoms with Gasteiger partial charge in [-0.1, -0.05) is 31.5 Å². The summed E-state index contributed by atoms with van der Waals surface area (Å²) in [4.78, 5) is 4.63. The van der Waals surface area contributed by atoms with E-state index in [1.54, 1.807) is 0 Å². The van der Waals surface area contributed by atoms with Crippen LogP contribution in [0.2, 0.25) is 0 Å². The average molecular weight is 263 g/mol. The van der Waals surface area contributed by atoms with Gasteiger partial charge in [0, 0.05) is 10.9 Å². The number of benzene rings is 1. The first-order chi connectivity index (χ1) is 8.79. The lowest BCUT2D eigenvalue weighted by molar-refractivity contribution is 0.717. The lowest BCUT2D eigenvalue weighted by atomic mass is 10.2. The molecule has 1 saturated carbocycles. The number of thioether (sulfide) groups is 1. The Morgan fingerprint density at radius 1 is 1.39 bits per heavy atom. The van der Waals surface area contributed by atoms with Crippen molar-refractivity contribution in [3.05, 3.63) is 30.3 Å². The van der Waals surface area contributed by atoms with Gasteiger partial charge in [-0.25, -0.2) is 4.99 Å². The van der Waals surface area contributed by atoms with Crippen LogP contribution < -0.4 is 11.1 Å². The van der Waals surface area contributed by atoms with Crippen molar-refractivity contribution >= 4 is 23.4 Å². The zero-order valence-electron chi connectivity index (χ0n) is 10.8. The minimum Gasteiger partial charge on any atom is -0.370 e. The van der Waals surface area contributed by atoms with Crippen LogP contribution in [-0.4, -0.2) is 23.0 Å². The van der Waals surface area contributed by atoms with Crippen LogP contribution in [0.3, 0.4) is 0 Å². The molecule has 0 spiro atoms. The molecule has 3 nitrogen and oxygen atoms in total. The van der Waals surface area contributed by atoms with Crippen LogP contribution in [0.4, 0.5) is 5.69 Å². The molecule has 2 unspecified atom stereocenters. The highest BCUT2D eigenvalue weighted by Gasteiger charge is 2.26. The van der Waals surface area contributed by atoms with Crippen LogP contribution in [0.15, 0.2) is 35.3 Å². The summed E-state index contributed by atoms with van der Waals surface area (Å²) in [6, 6.07) is 10.3. The Bertz CT molecular complexity index is 391. The smallest absolute Gasteiger partial charge is 0.193 e. The number of nitrogens with one attached hydrogen (secondary N) is 1. The zero-order valence-corrected chi connectivity index (χ0v) is 11.6. The first-order valence-corrected chi connectivity index (χ1v) is 7.61. The van der Waals surface area contributed by atoms with Gasteiger partial charge in [-0.15, -0.1) is 0 Å². The summed E-state index contributed by atoms with van der Waals surface area (Å²) in [6.45, 7) is 2.20. The highest BCUT2D eigenvalue weighted by Crippen LogP contribution is 2.32. The number of anilines is 1.